The van der Waals surface area contributed by atoms with E-state index in [1.54, 1.807) is 29.2 Å². The Morgan fingerprint density at radius 3 is 2.54 bits per heavy atom. The van der Waals surface area contributed by atoms with Crippen molar-refractivity contribution >= 4 is 56.2 Å². The van der Waals surface area contributed by atoms with Crippen LogP contribution in [0.15, 0.2) is 81.1 Å². The van der Waals surface area contributed by atoms with E-state index < -0.39 is 4.92 Å². The summed E-state index contributed by atoms with van der Waals surface area (Å²) >= 11 is 4.86. The number of rotatable bonds is 11. The number of nitrogens with zero attached hydrogens (tertiary/aromatic N) is 3. The first-order valence-corrected chi connectivity index (χ1v) is 13.7. The Kier molecular flexibility index (Phi) is 9.74. The molecule has 0 radical (unpaired) electrons. The standard InChI is InChI=1S/C28H26BrN3O6S/c1-3-37-14-13-31-27(33)25(39-28(31)30-21-7-5-4-6-8-21)17-20-15-23(29)26(24(16-20)36-2)38-18-19-9-11-22(12-10-19)32(34)35/h4-12,15-17H,3,13-14,18H2,1-2H3/b25-17-,30-28?. The number of benzene rings is 3. The van der Waals surface area contributed by atoms with Crippen molar-refractivity contribution in [3.63, 3.8) is 0 Å². The first-order chi connectivity index (χ1) is 18.9. The molecule has 0 saturated carbocycles. The summed E-state index contributed by atoms with van der Waals surface area (Å²) in [5.74, 6) is 0.802. The van der Waals surface area contributed by atoms with Crippen LogP contribution in [-0.4, -0.2) is 47.8 Å². The van der Waals surface area contributed by atoms with Gasteiger partial charge in [0.15, 0.2) is 16.7 Å². The van der Waals surface area contributed by atoms with Crippen LogP contribution in [-0.2, 0) is 16.1 Å². The van der Waals surface area contributed by atoms with Crippen molar-refractivity contribution in [2.24, 2.45) is 4.99 Å². The number of hydrogen-bond acceptors (Lipinski definition) is 8. The number of amides is 1. The van der Waals surface area contributed by atoms with Crippen molar-refractivity contribution in [1.29, 1.82) is 0 Å². The fraction of sp³-hybridized carbons (Fsp3) is 0.214. The fourth-order valence-corrected chi connectivity index (χ4v) is 5.28. The molecule has 1 aliphatic rings. The second-order valence-corrected chi connectivity index (χ2v) is 10.1. The molecular weight excluding hydrogens is 586 g/mol. The van der Waals surface area contributed by atoms with Gasteiger partial charge in [-0.1, -0.05) is 18.2 Å². The number of nitro groups is 1. The minimum absolute atomic E-state index is 0.0163. The minimum atomic E-state index is -0.445. The lowest BCUT2D eigenvalue weighted by atomic mass is 10.1. The van der Waals surface area contributed by atoms with Crippen LogP contribution in [0.4, 0.5) is 11.4 Å². The minimum Gasteiger partial charge on any atom is -0.493 e. The summed E-state index contributed by atoms with van der Waals surface area (Å²) in [6.45, 7) is 3.47. The SMILES string of the molecule is CCOCCN1C(=O)/C(=C/c2cc(Br)c(OCc3ccc([N+](=O)[O-])cc3)c(OC)c2)SC1=Nc1ccccc1. The maximum atomic E-state index is 13.3. The largest absolute Gasteiger partial charge is 0.493 e. The van der Waals surface area contributed by atoms with E-state index in [1.165, 1.54) is 31.0 Å². The van der Waals surface area contributed by atoms with E-state index >= 15 is 0 Å². The van der Waals surface area contributed by atoms with Crippen molar-refractivity contribution in [3.05, 3.63) is 97.3 Å². The molecule has 1 heterocycles. The average Bonchev–Trinajstić information content (AvgIpc) is 3.22. The monoisotopic (exact) mass is 611 g/mol. The van der Waals surface area contributed by atoms with Crippen molar-refractivity contribution in [3.8, 4) is 11.5 Å². The summed E-state index contributed by atoms with van der Waals surface area (Å²) in [5, 5.41) is 11.5. The Hall–Kier alpha value is -3.67. The molecule has 1 amide bonds. The number of para-hydroxylation sites is 1. The zero-order chi connectivity index (χ0) is 27.8. The summed E-state index contributed by atoms with van der Waals surface area (Å²) in [7, 11) is 1.53. The number of nitro benzene ring substituents is 1. The Bertz CT molecular complexity index is 1400. The second-order valence-electron chi connectivity index (χ2n) is 8.24. The average molecular weight is 613 g/mol. The summed E-state index contributed by atoms with van der Waals surface area (Å²) in [6, 6.07) is 19.3. The van der Waals surface area contributed by atoms with Gasteiger partial charge in [0, 0.05) is 18.7 Å². The van der Waals surface area contributed by atoms with Crippen LogP contribution >= 0.6 is 27.7 Å². The highest BCUT2D eigenvalue weighted by Crippen LogP contribution is 2.40. The third-order valence-electron chi connectivity index (χ3n) is 5.61. The molecule has 202 valence electrons. The van der Waals surface area contributed by atoms with Gasteiger partial charge >= 0.3 is 0 Å². The van der Waals surface area contributed by atoms with Crippen LogP contribution < -0.4 is 9.47 Å². The highest BCUT2D eigenvalue weighted by atomic mass is 79.9. The van der Waals surface area contributed by atoms with E-state index in [9.17, 15) is 14.9 Å². The summed E-state index contributed by atoms with van der Waals surface area (Å²) in [4.78, 5) is 30.6. The van der Waals surface area contributed by atoms with E-state index in [2.05, 4.69) is 15.9 Å². The van der Waals surface area contributed by atoms with Gasteiger partial charge in [0.25, 0.3) is 11.6 Å². The third kappa shape index (κ3) is 7.25. The number of thioether (sulfide) groups is 1. The molecule has 0 bridgehead atoms. The topological polar surface area (TPSA) is 104 Å². The maximum absolute atomic E-state index is 13.3. The summed E-state index contributed by atoms with van der Waals surface area (Å²) in [5.41, 5.74) is 2.28. The van der Waals surface area contributed by atoms with E-state index in [1.807, 2.05) is 43.3 Å². The summed E-state index contributed by atoms with van der Waals surface area (Å²) in [6.07, 6.45) is 1.79. The molecule has 0 N–H and O–H groups in total. The van der Waals surface area contributed by atoms with Crippen molar-refractivity contribution < 1.29 is 23.9 Å². The molecule has 0 spiro atoms. The quantitative estimate of drug-likeness (QED) is 0.104. The maximum Gasteiger partial charge on any atom is 0.269 e. The highest BCUT2D eigenvalue weighted by molar-refractivity contribution is 9.10. The molecule has 0 atom stereocenters. The molecule has 0 aliphatic carbocycles. The fourth-order valence-electron chi connectivity index (χ4n) is 3.69. The smallest absolute Gasteiger partial charge is 0.269 e. The molecule has 1 saturated heterocycles. The molecule has 9 nitrogen and oxygen atoms in total. The van der Waals surface area contributed by atoms with E-state index in [0.29, 0.717) is 45.8 Å². The van der Waals surface area contributed by atoms with Crippen LogP contribution in [0.2, 0.25) is 0 Å². The van der Waals surface area contributed by atoms with Gasteiger partial charge in [-0.05, 0) is 88.2 Å². The van der Waals surface area contributed by atoms with Gasteiger partial charge < -0.3 is 14.2 Å². The lowest BCUT2D eigenvalue weighted by Crippen LogP contribution is -2.32. The molecule has 39 heavy (non-hydrogen) atoms. The first-order valence-electron chi connectivity index (χ1n) is 12.1. The normalized spacial score (nSPS) is 15.3. The Labute approximate surface area is 238 Å². The number of carbonyl (C=O) groups excluding carboxylic acids is 1. The van der Waals surface area contributed by atoms with Crippen LogP contribution in [0.25, 0.3) is 6.08 Å². The molecule has 1 fully saturated rings. The van der Waals surface area contributed by atoms with Crippen molar-refractivity contribution in [1.82, 2.24) is 4.90 Å². The van der Waals surface area contributed by atoms with Crippen LogP contribution in [0.1, 0.15) is 18.1 Å². The van der Waals surface area contributed by atoms with Gasteiger partial charge in [-0.25, -0.2) is 4.99 Å². The van der Waals surface area contributed by atoms with E-state index in [-0.39, 0.29) is 18.2 Å². The van der Waals surface area contributed by atoms with E-state index in [4.69, 9.17) is 19.2 Å². The van der Waals surface area contributed by atoms with Gasteiger partial charge in [-0.3, -0.25) is 19.8 Å². The van der Waals surface area contributed by atoms with Gasteiger partial charge in [-0.2, -0.15) is 0 Å². The van der Waals surface area contributed by atoms with Gasteiger partial charge in [-0.15, -0.1) is 0 Å². The Morgan fingerprint density at radius 2 is 1.87 bits per heavy atom. The zero-order valence-electron chi connectivity index (χ0n) is 21.3. The van der Waals surface area contributed by atoms with Gasteiger partial charge in [0.05, 0.1) is 40.2 Å². The zero-order valence-corrected chi connectivity index (χ0v) is 23.7. The predicted molar refractivity (Wildman–Crippen MR) is 155 cm³/mol. The van der Waals surface area contributed by atoms with Gasteiger partial charge in [0.2, 0.25) is 0 Å². The molecule has 11 heteroatoms. The molecule has 3 aromatic carbocycles. The second kappa shape index (κ2) is 13.4. The number of carbonyl (C=O) groups is 1. The van der Waals surface area contributed by atoms with Gasteiger partial charge in [0.1, 0.15) is 6.61 Å². The van der Waals surface area contributed by atoms with Crippen LogP contribution in [0.3, 0.4) is 0 Å². The molecule has 3 aromatic rings. The molecule has 1 aliphatic heterocycles. The number of methoxy groups -OCH3 is 1. The van der Waals surface area contributed by atoms with E-state index in [0.717, 1.165) is 16.8 Å². The highest BCUT2D eigenvalue weighted by Gasteiger charge is 2.33. The van der Waals surface area contributed by atoms with Crippen LogP contribution in [0, 0.1) is 10.1 Å². The molecule has 0 unspecified atom stereocenters. The molecule has 4 rings (SSSR count). The lowest BCUT2D eigenvalue weighted by Gasteiger charge is -2.15. The van der Waals surface area contributed by atoms with Crippen LogP contribution in [0.5, 0.6) is 11.5 Å². The van der Waals surface area contributed by atoms with Crippen molar-refractivity contribution in [2.45, 2.75) is 13.5 Å². The third-order valence-corrected chi connectivity index (χ3v) is 7.21. The number of hydrogen-bond donors (Lipinski definition) is 0. The number of aliphatic imine (C=N–C) groups is 1. The lowest BCUT2D eigenvalue weighted by molar-refractivity contribution is -0.384. The molecule has 0 aromatic heterocycles. The first kappa shape index (κ1) is 28.3. The number of non-ortho nitro benzene ring substituents is 1. The number of amidine groups is 1. The van der Waals surface area contributed by atoms with Crippen molar-refractivity contribution in [2.75, 3.05) is 26.9 Å². The summed E-state index contributed by atoms with van der Waals surface area (Å²) < 4.78 is 17.7. The number of ether oxygens (including phenoxy) is 3. The number of halogens is 1. The Morgan fingerprint density at radius 1 is 1.13 bits per heavy atom. The molecular formula is C28H26BrN3O6S. The predicted octanol–water partition coefficient (Wildman–Crippen LogP) is 6.59. The Balaban J connectivity index is 1.56.